The Morgan fingerprint density at radius 2 is 2.43 bits per heavy atom. The largest absolute Gasteiger partial charge is 0.472 e. The van der Waals surface area contributed by atoms with E-state index in [1.165, 1.54) is 0 Å². The van der Waals surface area contributed by atoms with Crippen LogP contribution >= 0.6 is 0 Å². The van der Waals surface area contributed by atoms with Crippen LogP contribution in [-0.2, 0) is 20.1 Å². The van der Waals surface area contributed by atoms with Gasteiger partial charge in [-0.2, -0.15) is 0 Å². The lowest BCUT2D eigenvalue weighted by atomic mass is 10.3. The minimum Gasteiger partial charge on any atom is -0.472 e. The molecule has 0 saturated carbocycles. The van der Waals surface area contributed by atoms with Crippen molar-refractivity contribution in [3.8, 4) is 0 Å². The molecule has 0 radical (unpaired) electrons. The molecule has 5 heteroatoms. The summed E-state index contributed by atoms with van der Waals surface area (Å²) in [6.45, 7) is 1.51. The molecule has 2 rings (SSSR count). The summed E-state index contributed by atoms with van der Waals surface area (Å²) in [6.07, 6.45) is 5.28. The van der Waals surface area contributed by atoms with E-state index in [9.17, 15) is 0 Å². The zero-order valence-corrected chi connectivity index (χ0v) is 7.97. The maximum Gasteiger partial charge on any atom is 0.0964 e. The molecule has 0 aromatic carbocycles. The van der Waals surface area contributed by atoms with E-state index in [2.05, 4.69) is 15.6 Å². The molecule has 2 aromatic rings. The van der Waals surface area contributed by atoms with Crippen LogP contribution in [0.4, 0.5) is 0 Å². The Kier molecular flexibility index (Phi) is 2.60. The molecule has 2 aromatic heterocycles. The van der Waals surface area contributed by atoms with Gasteiger partial charge in [0.1, 0.15) is 0 Å². The molecule has 0 saturated heterocycles. The number of hydrogen-bond acceptors (Lipinski definition) is 4. The molecule has 0 aliphatic carbocycles. The second-order valence-electron chi connectivity index (χ2n) is 3.12. The van der Waals surface area contributed by atoms with E-state index in [4.69, 9.17) is 4.42 Å². The van der Waals surface area contributed by atoms with Crippen molar-refractivity contribution in [2.45, 2.75) is 13.1 Å². The maximum atomic E-state index is 4.95. The fraction of sp³-hybridized carbons (Fsp3) is 0.333. The molecular formula is C9H12N4O. The van der Waals surface area contributed by atoms with Gasteiger partial charge in [0, 0.05) is 31.9 Å². The topological polar surface area (TPSA) is 55.9 Å². The van der Waals surface area contributed by atoms with Crippen LogP contribution in [0.2, 0.25) is 0 Å². The molecule has 2 heterocycles. The summed E-state index contributed by atoms with van der Waals surface area (Å²) in [5, 5.41) is 11.0. The van der Waals surface area contributed by atoms with Gasteiger partial charge in [-0.3, -0.25) is 4.68 Å². The molecule has 1 N–H and O–H groups in total. The lowest BCUT2D eigenvalue weighted by Crippen LogP contribution is -2.12. The highest BCUT2D eigenvalue weighted by molar-refractivity contribution is 5.04. The Morgan fingerprint density at radius 1 is 1.50 bits per heavy atom. The van der Waals surface area contributed by atoms with Crippen LogP contribution in [0.5, 0.6) is 0 Å². The van der Waals surface area contributed by atoms with Crippen molar-refractivity contribution in [3.63, 3.8) is 0 Å². The van der Waals surface area contributed by atoms with Gasteiger partial charge in [0.2, 0.25) is 0 Å². The zero-order valence-electron chi connectivity index (χ0n) is 7.97. The minimum atomic E-state index is 0.721. The minimum absolute atomic E-state index is 0.721. The summed E-state index contributed by atoms with van der Waals surface area (Å²) >= 11 is 0. The van der Waals surface area contributed by atoms with Crippen molar-refractivity contribution in [2.24, 2.45) is 7.05 Å². The zero-order chi connectivity index (χ0) is 9.80. The fourth-order valence-corrected chi connectivity index (χ4v) is 1.20. The number of aromatic nitrogens is 3. The van der Waals surface area contributed by atoms with Gasteiger partial charge in [-0.1, -0.05) is 5.21 Å². The summed E-state index contributed by atoms with van der Waals surface area (Å²) in [5.41, 5.74) is 2.07. The predicted octanol–water partition coefficient (Wildman–Crippen LogP) is 0.698. The number of nitrogens with one attached hydrogen (secondary N) is 1. The van der Waals surface area contributed by atoms with Crippen LogP contribution in [0, 0.1) is 0 Å². The first kappa shape index (κ1) is 8.96. The quantitative estimate of drug-likeness (QED) is 0.774. The molecule has 0 unspecified atom stereocenters. The van der Waals surface area contributed by atoms with Crippen molar-refractivity contribution in [3.05, 3.63) is 36.0 Å². The van der Waals surface area contributed by atoms with Gasteiger partial charge >= 0.3 is 0 Å². The van der Waals surface area contributed by atoms with E-state index in [0.29, 0.717) is 0 Å². The predicted molar refractivity (Wildman–Crippen MR) is 50.3 cm³/mol. The van der Waals surface area contributed by atoms with Crippen LogP contribution < -0.4 is 5.32 Å². The Balaban J connectivity index is 1.78. The van der Waals surface area contributed by atoms with Crippen molar-refractivity contribution < 1.29 is 4.42 Å². The smallest absolute Gasteiger partial charge is 0.0964 e. The molecular weight excluding hydrogens is 180 g/mol. The number of furan rings is 1. The first-order chi connectivity index (χ1) is 6.84. The number of nitrogens with zero attached hydrogens (tertiary/aromatic N) is 3. The van der Waals surface area contributed by atoms with Crippen molar-refractivity contribution in [1.82, 2.24) is 20.3 Å². The summed E-state index contributed by atoms with van der Waals surface area (Å²) in [7, 11) is 1.85. The van der Waals surface area contributed by atoms with Gasteiger partial charge in [-0.25, -0.2) is 0 Å². The van der Waals surface area contributed by atoms with Crippen LogP contribution in [0.3, 0.4) is 0 Å². The van der Waals surface area contributed by atoms with Gasteiger partial charge in [0.05, 0.1) is 18.2 Å². The number of aryl methyl sites for hydroxylation is 1. The van der Waals surface area contributed by atoms with Gasteiger partial charge < -0.3 is 9.73 Å². The summed E-state index contributed by atoms with van der Waals surface area (Å²) in [5.74, 6) is 0. The molecule has 0 aliphatic rings. The van der Waals surface area contributed by atoms with E-state index in [0.717, 1.165) is 24.3 Å². The summed E-state index contributed by atoms with van der Waals surface area (Å²) in [4.78, 5) is 0. The lowest BCUT2D eigenvalue weighted by Gasteiger charge is -1.97. The van der Waals surface area contributed by atoms with Crippen LogP contribution in [0.1, 0.15) is 11.3 Å². The van der Waals surface area contributed by atoms with Gasteiger partial charge in [-0.15, -0.1) is 5.10 Å². The first-order valence-corrected chi connectivity index (χ1v) is 4.41. The van der Waals surface area contributed by atoms with Gasteiger partial charge in [-0.05, 0) is 6.07 Å². The van der Waals surface area contributed by atoms with Crippen molar-refractivity contribution >= 4 is 0 Å². The van der Waals surface area contributed by atoms with Crippen LogP contribution in [-0.4, -0.2) is 15.0 Å². The van der Waals surface area contributed by atoms with E-state index in [1.54, 1.807) is 17.2 Å². The number of rotatable bonds is 4. The molecule has 0 spiro atoms. The molecule has 0 bridgehead atoms. The second kappa shape index (κ2) is 4.06. The van der Waals surface area contributed by atoms with Crippen molar-refractivity contribution in [1.29, 1.82) is 0 Å². The second-order valence-corrected chi connectivity index (χ2v) is 3.12. The first-order valence-electron chi connectivity index (χ1n) is 4.41. The Morgan fingerprint density at radius 3 is 3.07 bits per heavy atom. The summed E-state index contributed by atoms with van der Waals surface area (Å²) in [6, 6.07) is 1.93. The molecule has 0 amide bonds. The molecule has 0 aliphatic heterocycles. The van der Waals surface area contributed by atoms with E-state index in [1.807, 2.05) is 19.3 Å². The molecule has 14 heavy (non-hydrogen) atoms. The van der Waals surface area contributed by atoms with Crippen molar-refractivity contribution in [2.75, 3.05) is 0 Å². The van der Waals surface area contributed by atoms with Gasteiger partial charge in [0.15, 0.2) is 0 Å². The highest BCUT2D eigenvalue weighted by Crippen LogP contribution is 1.99. The monoisotopic (exact) mass is 192 g/mol. The Labute approximate surface area is 81.7 Å². The highest BCUT2D eigenvalue weighted by atomic mass is 16.3. The Bertz CT molecular complexity index is 379. The maximum absolute atomic E-state index is 4.95. The summed E-state index contributed by atoms with van der Waals surface area (Å²) < 4.78 is 6.64. The van der Waals surface area contributed by atoms with Crippen LogP contribution in [0.25, 0.3) is 0 Å². The third-order valence-electron chi connectivity index (χ3n) is 1.87. The third-order valence-corrected chi connectivity index (χ3v) is 1.87. The number of hydrogen-bond donors (Lipinski definition) is 1. The highest BCUT2D eigenvalue weighted by Gasteiger charge is 1.98. The van der Waals surface area contributed by atoms with Gasteiger partial charge in [0.25, 0.3) is 0 Å². The molecule has 0 fully saturated rings. The van der Waals surface area contributed by atoms with E-state index in [-0.39, 0.29) is 0 Å². The lowest BCUT2D eigenvalue weighted by molar-refractivity contribution is 0.560. The molecule has 0 atom stereocenters. The average Bonchev–Trinajstić information content (AvgIpc) is 2.77. The fourth-order valence-electron chi connectivity index (χ4n) is 1.20. The molecule has 74 valence electrons. The van der Waals surface area contributed by atoms with Crippen LogP contribution in [0.15, 0.2) is 29.2 Å². The third kappa shape index (κ3) is 2.20. The average molecular weight is 192 g/mol. The standard InChI is InChI=1S/C9H12N4O/c1-13-6-9(11-12-13)5-10-4-8-2-3-14-7-8/h2-3,6-7,10H,4-5H2,1H3. The van der Waals surface area contributed by atoms with E-state index >= 15 is 0 Å². The molecule has 5 nitrogen and oxygen atoms in total. The van der Waals surface area contributed by atoms with E-state index < -0.39 is 0 Å². The normalized spacial score (nSPS) is 10.6. The Hall–Kier alpha value is -1.62. The SMILES string of the molecule is Cn1cc(CNCc2ccoc2)nn1.